The summed E-state index contributed by atoms with van der Waals surface area (Å²) in [6.45, 7) is 0.613. The van der Waals surface area contributed by atoms with Crippen LogP contribution in [0.25, 0.3) is 5.65 Å². The van der Waals surface area contributed by atoms with E-state index >= 15 is 0 Å². The highest BCUT2D eigenvalue weighted by molar-refractivity contribution is 9.10. The minimum atomic E-state index is -3.63. The molecule has 10 heteroatoms. The summed E-state index contributed by atoms with van der Waals surface area (Å²) in [6.07, 6.45) is 4.93. The van der Waals surface area contributed by atoms with Gasteiger partial charge < -0.3 is 9.72 Å². The summed E-state index contributed by atoms with van der Waals surface area (Å²) < 4.78 is 29.9. The highest BCUT2D eigenvalue weighted by Crippen LogP contribution is 2.28. The molecule has 0 spiro atoms. The Kier molecular flexibility index (Phi) is 5.06. The Morgan fingerprint density at radius 1 is 1.33 bits per heavy atom. The second kappa shape index (κ2) is 7.34. The average molecular weight is 469 g/mol. The quantitative estimate of drug-likeness (QED) is 0.623. The Bertz CT molecular complexity index is 1080. The number of hydrogen-bond donors (Lipinski definition) is 1. The second-order valence-corrected chi connectivity index (χ2v) is 10.2. The van der Waals surface area contributed by atoms with Crippen LogP contribution < -0.4 is 5.32 Å². The van der Waals surface area contributed by atoms with Crippen molar-refractivity contribution >= 4 is 48.8 Å². The molecule has 0 saturated carbocycles. The van der Waals surface area contributed by atoms with E-state index in [1.165, 1.54) is 15.6 Å². The first-order valence-electron chi connectivity index (χ1n) is 8.41. The molecule has 27 heavy (non-hydrogen) atoms. The Morgan fingerprint density at radius 3 is 2.96 bits per heavy atom. The van der Waals surface area contributed by atoms with Crippen molar-refractivity contribution < 1.29 is 13.2 Å². The van der Waals surface area contributed by atoms with Gasteiger partial charge in [0.1, 0.15) is 15.9 Å². The molecule has 0 aliphatic carbocycles. The first-order valence-corrected chi connectivity index (χ1v) is 11.5. The van der Waals surface area contributed by atoms with Crippen molar-refractivity contribution in [3.8, 4) is 0 Å². The zero-order valence-corrected chi connectivity index (χ0v) is 17.4. The van der Waals surface area contributed by atoms with Crippen LogP contribution in [0.4, 0.5) is 0 Å². The minimum absolute atomic E-state index is 0.252. The van der Waals surface area contributed by atoms with Gasteiger partial charge in [-0.25, -0.2) is 13.4 Å². The number of carbonyl (C=O) groups excluding carboxylic acids is 1. The Morgan fingerprint density at radius 2 is 2.19 bits per heavy atom. The van der Waals surface area contributed by atoms with Crippen LogP contribution in [0.1, 0.15) is 18.5 Å². The molecule has 0 radical (unpaired) electrons. The van der Waals surface area contributed by atoms with Gasteiger partial charge in [-0.05, 0) is 52.4 Å². The standard InChI is InChI=1S/C17H17BrN4O3S2/c18-12-5-6-15-20-13(11-21(15)10-12)9-19-17(23)14-3-1-7-22(14)27(24,25)16-4-2-8-26-16/h2,4-6,8,10-11,14H,1,3,7,9H2,(H,19,23). The molecule has 1 aliphatic heterocycles. The average Bonchev–Trinajstić information content (AvgIpc) is 3.38. The van der Waals surface area contributed by atoms with E-state index < -0.39 is 16.1 Å². The van der Waals surface area contributed by atoms with Crippen LogP contribution in [0.3, 0.4) is 0 Å². The SMILES string of the molecule is O=C(NCc1cn2cc(Br)ccc2n1)C1CCCN1S(=O)(=O)c1cccs1. The van der Waals surface area contributed by atoms with E-state index in [-0.39, 0.29) is 16.7 Å². The molecule has 0 aromatic carbocycles. The number of thiophene rings is 1. The maximum absolute atomic E-state index is 12.8. The fourth-order valence-corrected chi connectivity index (χ4v) is 6.34. The van der Waals surface area contributed by atoms with E-state index in [9.17, 15) is 13.2 Å². The lowest BCUT2D eigenvalue weighted by Crippen LogP contribution is -2.45. The van der Waals surface area contributed by atoms with E-state index in [0.717, 1.165) is 10.1 Å². The predicted molar refractivity (Wildman–Crippen MR) is 106 cm³/mol. The highest BCUT2D eigenvalue weighted by Gasteiger charge is 2.39. The van der Waals surface area contributed by atoms with Crippen molar-refractivity contribution in [2.75, 3.05) is 6.54 Å². The third kappa shape index (κ3) is 3.66. The van der Waals surface area contributed by atoms with E-state index in [0.29, 0.717) is 25.1 Å². The maximum atomic E-state index is 12.8. The maximum Gasteiger partial charge on any atom is 0.253 e. The van der Waals surface area contributed by atoms with E-state index in [2.05, 4.69) is 26.2 Å². The number of amides is 1. The van der Waals surface area contributed by atoms with Gasteiger partial charge in [0.05, 0.1) is 12.2 Å². The molecule has 7 nitrogen and oxygen atoms in total. The lowest BCUT2D eigenvalue weighted by Gasteiger charge is -2.22. The van der Waals surface area contributed by atoms with Crippen LogP contribution in [0.2, 0.25) is 0 Å². The zero-order chi connectivity index (χ0) is 19.0. The fourth-order valence-electron chi connectivity index (χ4n) is 3.21. The molecule has 1 fully saturated rings. The van der Waals surface area contributed by atoms with Gasteiger partial charge in [-0.3, -0.25) is 4.79 Å². The molecular formula is C17H17BrN4O3S2. The fraction of sp³-hybridized carbons (Fsp3) is 0.294. The number of aromatic nitrogens is 2. The number of rotatable bonds is 5. The predicted octanol–water partition coefficient (Wildman–Crippen LogP) is 2.63. The van der Waals surface area contributed by atoms with E-state index in [1.54, 1.807) is 17.5 Å². The van der Waals surface area contributed by atoms with Crippen molar-refractivity contribution in [1.29, 1.82) is 0 Å². The largest absolute Gasteiger partial charge is 0.349 e. The van der Waals surface area contributed by atoms with Crippen LogP contribution in [-0.2, 0) is 21.4 Å². The summed E-state index contributed by atoms with van der Waals surface area (Å²) in [5, 5.41) is 4.56. The van der Waals surface area contributed by atoms with Gasteiger partial charge in [0.2, 0.25) is 5.91 Å². The van der Waals surface area contributed by atoms with Gasteiger partial charge in [-0.15, -0.1) is 11.3 Å². The summed E-state index contributed by atoms with van der Waals surface area (Å²) in [7, 11) is -3.63. The van der Waals surface area contributed by atoms with Crippen LogP contribution in [-0.4, -0.2) is 40.6 Å². The second-order valence-electron chi connectivity index (χ2n) is 6.27. The number of hydrogen-bond acceptors (Lipinski definition) is 5. The number of sulfonamides is 1. The molecule has 4 heterocycles. The molecule has 0 bridgehead atoms. The smallest absolute Gasteiger partial charge is 0.253 e. The third-order valence-corrected chi connectivity index (χ3v) is 8.22. The Balaban J connectivity index is 1.47. The molecule has 1 aliphatic rings. The third-order valence-electron chi connectivity index (χ3n) is 4.47. The van der Waals surface area contributed by atoms with E-state index in [4.69, 9.17) is 0 Å². The van der Waals surface area contributed by atoms with Gasteiger partial charge in [0.25, 0.3) is 10.0 Å². The van der Waals surface area contributed by atoms with Gasteiger partial charge in [-0.1, -0.05) is 6.07 Å². The van der Waals surface area contributed by atoms with Gasteiger partial charge in [0.15, 0.2) is 0 Å². The topological polar surface area (TPSA) is 83.8 Å². The number of nitrogens with one attached hydrogen (secondary N) is 1. The minimum Gasteiger partial charge on any atom is -0.349 e. The number of nitrogens with zero attached hydrogens (tertiary/aromatic N) is 3. The molecule has 1 saturated heterocycles. The van der Waals surface area contributed by atoms with Crippen molar-refractivity contribution in [2.45, 2.75) is 29.6 Å². The number of halogens is 1. The molecule has 142 valence electrons. The van der Waals surface area contributed by atoms with Crippen LogP contribution in [0.15, 0.2) is 50.7 Å². The molecule has 3 aromatic heterocycles. The summed E-state index contributed by atoms with van der Waals surface area (Å²) in [5.41, 5.74) is 1.50. The van der Waals surface area contributed by atoms with Crippen molar-refractivity contribution in [3.63, 3.8) is 0 Å². The number of pyridine rings is 1. The molecule has 1 N–H and O–H groups in total. The van der Waals surface area contributed by atoms with Gasteiger partial charge in [-0.2, -0.15) is 4.31 Å². The summed E-state index contributed by atoms with van der Waals surface area (Å²) in [4.78, 5) is 17.1. The van der Waals surface area contributed by atoms with Crippen molar-refractivity contribution in [2.24, 2.45) is 0 Å². The number of fused-ring (bicyclic) bond motifs is 1. The summed E-state index contributed by atoms with van der Waals surface area (Å²) >= 11 is 4.58. The Hall–Kier alpha value is -1.75. The first kappa shape index (κ1) is 18.6. The zero-order valence-electron chi connectivity index (χ0n) is 14.2. The van der Waals surface area contributed by atoms with Crippen LogP contribution >= 0.6 is 27.3 Å². The van der Waals surface area contributed by atoms with Gasteiger partial charge >= 0.3 is 0 Å². The molecule has 3 aromatic rings. The van der Waals surface area contributed by atoms with Crippen molar-refractivity contribution in [1.82, 2.24) is 19.0 Å². The monoisotopic (exact) mass is 468 g/mol. The lowest BCUT2D eigenvalue weighted by atomic mass is 10.2. The number of carbonyl (C=O) groups is 1. The van der Waals surface area contributed by atoms with Crippen molar-refractivity contribution in [3.05, 3.63) is 52.2 Å². The molecular weight excluding hydrogens is 452 g/mol. The van der Waals surface area contributed by atoms with Crippen LogP contribution in [0, 0.1) is 0 Å². The van der Waals surface area contributed by atoms with E-state index in [1.807, 2.05) is 28.9 Å². The lowest BCUT2D eigenvalue weighted by molar-refractivity contribution is -0.124. The Labute approximate surface area is 169 Å². The first-order chi connectivity index (χ1) is 12.9. The summed E-state index contributed by atoms with van der Waals surface area (Å²) in [5.74, 6) is -0.286. The number of imidazole rings is 1. The molecule has 1 unspecified atom stereocenters. The molecule has 1 atom stereocenters. The van der Waals surface area contributed by atoms with Crippen LogP contribution in [0.5, 0.6) is 0 Å². The highest BCUT2D eigenvalue weighted by atomic mass is 79.9. The van der Waals surface area contributed by atoms with Gasteiger partial charge in [0, 0.05) is 23.4 Å². The normalized spacial score (nSPS) is 18.2. The summed E-state index contributed by atoms with van der Waals surface area (Å²) in [6, 6.07) is 6.37. The molecule has 4 rings (SSSR count). The molecule has 1 amide bonds.